The minimum atomic E-state index is -4.37. The van der Waals surface area contributed by atoms with E-state index in [4.69, 9.17) is 9.47 Å². The smallest absolute Gasteiger partial charge is 0.422 e. The maximum atomic E-state index is 12.3. The summed E-state index contributed by atoms with van der Waals surface area (Å²) < 4.78 is 47.1. The molecule has 1 N–H and O–H groups in total. The van der Waals surface area contributed by atoms with Crippen molar-refractivity contribution in [3.05, 3.63) is 23.8 Å². The third-order valence-corrected chi connectivity index (χ3v) is 3.80. The van der Waals surface area contributed by atoms with E-state index >= 15 is 0 Å². The molecule has 0 aliphatic carbocycles. The van der Waals surface area contributed by atoms with Crippen molar-refractivity contribution in [3.63, 3.8) is 0 Å². The van der Waals surface area contributed by atoms with E-state index in [2.05, 4.69) is 24.1 Å². The summed E-state index contributed by atoms with van der Waals surface area (Å²) in [5, 5.41) is 3.35. The molecule has 1 aromatic carbocycles. The Bertz CT molecular complexity index is 517. The van der Waals surface area contributed by atoms with Crippen LogP contribution in [0, 0.1) is 0 Å². The predicted molar refractivity (Wildman–Crippen MR) is 88.6 cm³/mol. The van der Waals surface area contributed by atoms with Crippen LogP contribution in [0.2, 0.25) is 0 Å². The molecule has 0 spiro atoms. The van der Waals surface area contributed by atoms with Gasteiger partial charge in [-0.25, -0.2) is 0 Å². The average molecular weight is 348 g/mol. The highest BCUT2D eigenvalue weighted by Crippen LogP contribution is 2.30. The minimum Gasteiger partial charge on any atom is -0.490 e. The normalized spacial score (nSPS) is 12.5. The maximum absolute atomic E-state index is 12.3. The maximum Gasteiger partial charge on any atom is 0.422 e. The summed E-state index contributed by atoms with van der Waals surface area (Å²) in [5.41, 5.74) is 0.922. The number of hydrogen-bond acceptors (Lipinski definition) is 4. The summed E-state index contributed by atoms with van der Waals surface area (Å²) >= 11 is 0. The molecule has 1 aromatic rings. The Morgan fingerprint density at radius 3 is 2.29 bits per heavy atom. The van der Waals surface area contributed by atoms with Crippen molar-refractivity contribution in [2.75, 3.05) is 33.9 Å². The molecule has 138 valence electrons. The number of alkyl halides is 3. The summed E-state index contributed by atoms with van der Waals surface area (Å²) in [6.07, 6.45) is -4.37. The summed E-state index contributed by atoms with van der Waals surface area (Å²) in [6.45, 7) is 6.42. The summed E-state index contributed by atoms with van der Waals surface area (Å²) in [7, 11) is 4.03. The fraction of sp³-hybridized carbons (Fsp3) is 0.647. The molecular weight excluding hydrogens is 321 g/mol. The van der Waals surface area contributed by atoms with Gasteiger partial charge in [0.25, 0.3) is 0 Å². The molecule has 0 radical (unpaired) electrons. The zero-order valence-corrected chi connectivity index (χ0v) is 15.0. The molecule has 0 aromatic heterocycles. The van der Waals surface area contributed by atoms with Gasteiger partial charge in [0.05, 0.1) is 6.61 Å². The second-order valence-electron chi connectivity index (χ2n) is 6.43. The van der Waals surface area contributed by atoms with Gasteiger partial charge in [-0.1, -0.05) is 6.07 Å². The van der Waals surface area contributed by atoms with Crippen molar-refractivity contribution in [3.8, 4) is 11.5 Å². The average Bonchev–Trinajstić information content (AvgIpc) is 2.45. The van der Waals surface area contributed by atoms with Crippen LogP contribution in [0.4, 0.5) is 13.2 Å². The second-order valence-corrected chi connectivity index (χ2v) is 6.43. The highest BCUT2D eigenvalue weighted by molar-refractivity contribution is 5.43. The highest BCUT2D eigenvalue weighted by Gasteiger charge is 2.29. The van der Waals surface area contributed by atoms with Crippen LogP contribution in [0.5, 0.6) is 11.5 Å². The molecule has 1 rings (SSSR count). The Morgan fingerprint density at radius 1 is 1.08 bits per heavy atom. The van der Waals surface area contributed by atoms with Gasteiger partial charge in [-0.2, -0.15) is 13.2 Å². The van der Waals surface area contributed by atoms with E-state index in [0.29, 0.717) is 18.9 Å². The molecule has 0 saturated heterocycles. The third-order valence-electron chi connectivity index (χ3n) is 3.80. The summed E-state index contributed by atoms with van der Waals surface area (Å²) in [4.78, 5) is 2.12. The number of nitrogens with one attached hydrogen (secondary N) is 1. The Kier molecular flexibility index (Phi) is 7.35. The molecule has 0 aliphatic rings. The Balaban J connectivity index is 2.71. The SMILES string of the molecule is CCOc1cc(CNCC(C)(C)N(C)C)ccc1OCC(F)(F)F. The Morgan fingerprint density at radius 2 is 1.75 bits per heavy atom. The van der Waals surface area contributed by atoms with Gasteiger partial charge in [-0.15, -0.1) is 0 Å². The monoisotopic (exact) mass is 348 g/mol. The van der Waals surface area contributed by atoms with E-state index in [0.717, 1.165) is 12.1 Å². The number of nitrogens with zero attached hydrogens (tertiary/aromatic N) is 1. The summed E-state index contributed by atoms with van der Waals surface area (Å²) in [6, 6.07) is 4.97. The molecule has 0 bridgehead atoms. The zero-order valence-electron chi connectivity index (χ0n) is 15.0. The van der Waals surface area contributed by atoms with Crippen LogP contribution in [0.3, 0.4) is 0 Å². The lowest BCUT2D eigenvalue weighted by Gasteiger charge is -2.32. The first kappa shape index (κ1) is 20.6. The molecule has 0 atom stereocenters. The van der Waals surface area contributed by atoms with Gasteiger partial charge in [0.1, 0.15) is 0 Å². The number of halogens is 3. The Labute approximate surface area is 141 Å². The number of likely N-dealkylation sites (N-methyl/N-ethyl adjacent to an activating group) is 1. The van der Waals surface area contributed by atoms with Crippen LogP contribution in [0.15, 0.2) is 18.2 Å². The van der Waals surface area contributed by atoms with Crippen molar-refractivity contribution < 1.29 is 22.6 Å². The van der Waals surface area contributed by atoms with Crippen molar-refractivity contribution in [2.45, 2.75) is 39.0 Å². The van der Waals surface area contributed by atoms with Crippen molar-refractivity contribution in [2.24, 2.45) is 0 Å². The third kappa shape index (κ3) is 6.97. The zero-order chi connectivity index (χ0) is 18.4. The van der Waals surface area contributed by atoms with E-state index in [1.807, 2.05) is 14.1 Å². The quantitative estimate of drug-likeness (QED) is 0.741. The van der Waals surface area contributed by atoms with Gasteiger partial charge in [-0.05, 0) is 52.6 Å². The van der Waals surface area contributed by atoms with Gasteiger partial charge in [0, 0.05) is 18.6 Å². The summed E-state index contributed by atoms with van der Waals surface area (Å²) in [5.74, 6) is 0.430. The molecule has 0 amide bonds. The number of rotatable bonds is 9. The van der Waals surface area contributed by atoms with Gasteiger partial charge in [0.15, 0.2) is 18.1 Å². The van der Waals surface area contributed by atoms with E-state index in [-0.39, 0.29) is 11.3 Å². The van der Waals surface area contributed by atoms with E-state index in [1.54, 1.807) is 19.1 Å². The van der Waals surface area contributed by atoms with Crippen LogP contribution in [0.1, 0.15) is 26.3 Å². The van der Waals surface area contributed by atoms with Crippen LogP contribution in [-0.4, -0.2) is 50.5 Å². The van der Waals surface area contributed by atoms with Gasteiger partial charge >= 0.3 is 6.18 Å². The van der Waals surface area contributed by atoms with Crippen LogP contribution >= 0.6 is 0 Å². The van der Waals surface area contributed by atoms with E-state index in [1.165, 1.54) is 6.07 Å². The second kappa shape index (κ2) is 8.58. The topological polar surface area (TPSA) is 33.7 Å². The largest absolute Gasteiger partial charge is 0.490 e. The first-order valence-electron chi connectivity index (χ1n) is 7.88. The molecule has 0 fully saturated rings. The van der Waals surface area contributed by atoms with E-state index < -0.39 is 12.8 Å². The van der Waals surface area contributed by atoms with Crippen LogP contribution in [0.25, 0.3) is 0 Å². The lowest BCUT2D eigenvalue weighted by atomic mass is 10.0. The first-order chi connectivity index (χ1) is 11.0. The number of hydrogen-bond donors (Lipinski definition) is 1. The fourth-order valence-corrected chi connectivity index (χ4v) is 1.88. The minimum absolute atomic E-state index is 0.00148. The number of ether oxygens (including phenoxy) is 2. The number of benzene rings is 1. The standard InChI is InChI=1S/C17H27F3N2O2/c1-6-23-15-9-13(10-21-11-16(2,3)22(4)5)7-8-14(15)24-12-17(18,19)20/h7-9,21H,6,10-12H2,1-5H3. The molecule has 0 unspecified atom stereocenters. The van der Waals surface area contributed by atoms with Crippen molar-refractivity contribution >= 4 is 0 Å². The lowest BCUT2D eigenvalue weighted by molar-refractivity contribution is -0.153. The molecule has 0 heterocycles. The fourth-order valence-electron chi connectivity index (χ4n) is 1.88. The van der Waals surface area contributed by atoms with Crippen LogP contribution in [-0.2, 0) is 6.54 Å². The van der Waals surface area contributed by atoms with Gasteiger partial charge in [0.2, 0.25) is 0 Å². The van der Waals surface area contributed by atoms with Crippen molar-refractivity contribution in [1.82, 2.24) is 10.2 Å². The van der Waals surface area contributed by atoms with Gasteiger partial charge in [-0.3, -0.25) is 0 Å². The lowest BCUT2D eigenvalue weighted by Crippen LogP contribution is -2.46. The molecule has 24 heavy (non-hydrogen) atoms. The Hall–Kier alpha value is -1.47. The van der Waals surface area contributed by atoms with Crippen LogP contribution < -0.4 is 14.8 Å². The molecule has 7 heteroatoms. The highest BCUT2D eigenvalue weighted by atomic mass is 19.4. The molecular formula is C17H27F3N2O2. The first-order valence-corrected chi connectivity index (χ1v) is 7.88. The van der Waals surface area contributed by atoms with E-state index in [9.17, 15) is 13.2 Å². The molecule has 0 aliphatic heterocycles. The van der Waals surface area contributed by atoms with Gasteiger partial charge < -0.3 is 19.7 Å². The molecule has 0 saturated carbocycles. The predicted octanol–water partition coefficient (Wildman–Crippen LogP) is 3.46. The molecule has 4 nitrogen and oxygen atoms in total. The van der Waals surface area contributed by atoms with Crippen molar-refractivity contribution in [1.29, 1.82) is 0 Å².